The third kappa shape index (κ3) is 4.28. The molecule has 0 saturated carbocycles. The van der Waals surface area contributed by atoms with Gasteiger partial charge in [0.05, 0.1) is 12.4 Å². The van der Waals surface area contributed by atoms with Crippen molar-refractivity contribution >= 4 is 17.4 Å². The van der Waals surface area contributed by atoms with E-state index in [0.717, 1.165) is 18.5 Å². The number of hydrogen-bond donors (Lipinski definition) is 2. The van der Waals surface area contributed by atoms with Gasteiger partial charge in [0, 0.05) is 11.7 Å². The molecule has 2 aromatic rings. The molecule has 0 atom stereocenters. The molecule has 0 aliphatic carbocycles. The second-order valence-electron chi connectivity index (χ2n) is 5.70. The van der Waals surface area contributed by atoms with E-state index < -0.39 is 0 Å². The van der Waals surface area contributed by atoms with Gasteiger partial charge in [0.1, 0.15) is 11.5 Å². The minimum Gasteiger partial charge on any atom is -0.348 e. The minimum absolute atomic E-state index is 0.0747. The number of benzene rings is 1. The SMILES string of the molecule is CCc1cccc(CC)c1Nc1cnc(C(=O)NC(C)C)cn1. The molecule has 0 radical (unpaired) electrons. The van der Waals surface area contributed by atoms with E-state index in [1.807, 2.05) is 13.8 Å². The lowest BCUT2D eigenvalue weighted by Gasteiger charge is -2.15. The molecule has 0 bridgehead atoms. The minimum atomic E-state index is -0.206. The Morgan fingerprint density at radius 1 is 1.09 bits per heavy atom. The number of rotatable bonds is 6. The molecule has 5 nitrogen and oxygen atoms in total. The highest BCUT2D eigenvalue weighted by molar-refractivity contribution is 5.92. The number of para-hydroxylation sites is 1. The molecule has 1 heterocycles. The Morgan fingerprint density at radius 2 is 1.74 bits per heavy atom. The van der Waals surface area contributed by atoms with Gasteiger partial charge in [0.25, 0.3) is 5.91 Å². The van der Waals surface area contributed by atoms with E-state index in [2.05, 4.69) is 52.6 Å². The van der Waals surface area contributed by atoms with Crippen molar-refractivity contribution in [3.8, 4) is 0 Å². The zero-order valence-electron chi connectivity index (χ0n) is 14.2. The molecule has 2 N–H and O–H groups in total. The Labute approximate surface area is 137 Å². The van der Waals surface area contributed by atoms with E-state index in [4.69, 9.17) is 0 Å². The largest absolute Gasteiger partial charge is 0.348 e. The molecule has 2 rings (SSSR count). The summed E-state index contributed by atoms with van der Waals surface area (Å²) in [7, 11) is 0. The van der Waals surface area contributed by atoms with Crippen molar-refractivity contribution in [3.63, 3.8) is 0 Å². The van der Waals surface area contributed by atoms with E-state index >= 15 is 0 Å². The first-order valence-electron chi connectivity index (χ1n) is 8.05. The topological polar surface area (TPSA) is 66.9 Å². The van der Waals surface area contributed by atoms with Crippen molar-refractivity contribution in [2.45, 2.75) is 46.6 Å². The fourth-order valence-corrected chi connectivity index (χ4v) is 2.38. The van der Waals surface area contributed by atoms with Gasteiger partial charge in [-0.3, -0.25) is 4.79 Å². The monoisotopic (exact) mass is 312 g/mol. The van der Waals surface area contributed by atoms with E-state index in [9.17, 15) is 4.79 Å². The number of carbonyl (C=O) groups excluding carboxylic acids is 1. The highest BCUT2D eigenvalue weighted by Gasteiger charge is 2.11. The lowest BCUT2D eigenvalue weighted by atomic mass is 10.0. The third-order valence-corrected chi connectivity index (χ3v) is 3.56. The van der Waals surface area contributed by atoms with Gasteiger partial charge in [-0.15, -0.1) is 0 Å². The van der Waals surface area contributed by atoms with Crippen LogP contribution in [0.3, 0.4) is 0 Å². The summed E-state index contributed by atoms with van der Waals surface area (Å²) < 4.78 is 0. The van der Waals surface area contributed by atoms with Crippen molar-refractivity contribution < 1.29 is 4.79 Å². The van der Waals surface area contributed by atoms with Crippen LogP contribution in [0.25, 0.3) is 0 Å². The number of aryl methyl sites for hydroxylation is 2. The van der Waals surface area contributed by atoms with Gasteiger partial charge in [0.2, 0.25) is 0 Å². The van der Waals surface area contributed by atoms with E-state index in [1.54, 1.807) is 6.20 Å². The van der Waals surface area contributed by atoms with Gasteiger partial charge in [-0.1, -0.05) is 32.0 Å². The van der Waals surface area contributed by atoms with Gasteiger partial charge in [-0.2, -0.15) is 0 Å². The standard InChI is InChI=1S/C18H24N4O/c1-5-13-8-7-9-14(6-2)17(13)22-16-11-19-15(10-20-16)18(23)21-12(3)4/h7-12H,5-6H2,1-4H3,(H,20,22)(H,21,23). The molecule has 0 fully saturated rings. The molecule has 23 heavy (non-hydrogen) atoms. The average Bonchev–Trinajstić information content (AvgIpc) is 2.55. The summed E-state index contributed by atoms with van der Waals surface area (Å²) >= 11 is 0. The maximum Gasteiger partial charge on any atom is 0.271 e. The van der Waals surface area contributed by atoms with Crippen LogP contribution in [-0.4, -0.2) is 21.9 Å². The number of aromatic nitrogens is 2. The predicted octanol–water partition coefficient (Wildman–Crippen LogP) is 3.48. The van der Waals surface area contributed by atoms with Crippen molar-refractivity contribution in [1.82, 2.24) is 15.3 Å². The molecule has 0 saturated heterocycles. The summed E-state index contributed by atoms with van der Waals surface area (Å²) in [5, 5.41) is 6.15. The first-order valence-corrected chi connectivity index (χ1v) is 8.05. The molecule has 1 amide bonds. The molecule has 122 valence electrons. The zero-order valence-corrected chi connectivity index (χ0v) is 14.2. The summed E-state index contributed by atoms with van der Waals surface area (Å²) in [6.07, 6.45) is 4.98. The molecule has 5 heteroatoms. The van der Waals surface area contributed by atoms with Gasteiger partial charge in [0.15, 0.2) is 0 Å². The summed E-state index contributed by atoms with van der Waals surface area (Å²) in [5.74, 6) is 0.434. The van der Waals surface area contributed by atoms with Crippen LogP contribution in [-0.2, 0) is 12.8 Å². The lowest BCUT2D eigenvalue weighted by Crippen LogP contribution is -2.30. The molecule has 1 aromatic heterocycles. The highest BCUT2D eigenvalue weighted by atomic mass is 16.1. The van der Waals surface area contributed by atoms with Gasteiger partial charge >= 0.3 is 0 Å². The van der Waals surface area contributed by atoms with Crippen LogP contribution in [0.15, 0.2) is 30.6 Å². The first kappa shape index (κ1) is 16.9. The van der Waals surface area contributed by atoms with Crippen LogP contribution in [0.5, 0.6) is 0 Å². The second-order valence-corrected chi connectivity index (χ2v) is 5.70. The van der Waals surface area contributed by atoms with Crippen LogP contribution in [0.2, 0.25) is 0 Å². The van der Waals surface area contributed by atoms with E-state index in [0.29, 0.717) is 11.5 Å². The summed E-state index contributed by atoms with van der Waals surface area (Å²) in [6, 6.07) is 6.37. The maximum atomic E-state index is 11.9. The number of anilines is 2. The fourth-order valence-electron chi connectivity index (χ4n) is 2.38. The molecule has 0 aliphatic heterocycles. The highest BCUT2D eigenvalue weighted by Crippen LogP contribution is 2.25. The molecular formula is C18H24N4O. The second kappa shape index (κ2) is 7.72. The van der Waals surface area contributed by atoms with E-state index in [-0.39, 0.29) is 11.9 Å². The Bertz CT molecular complexity index is 643. The van der Waals surface area contributed by atoms with Crippen LogP contribution < -0.4 is 10.6 Å². The van der Waals surface area contributed by atoms with Crippen molar-refractivity contribution in [2.24, 2.45) is 0 Å². The first-order chi connectivity index (χ1) is 11.0. The maximum absolute atomic E-state index is 11.9. The number of carbonyl (C=O) groups is 1. The summed E-state index contributed by atoms with van der Waals surface area (Å²) in [4.78, 5) is 20.4. The molecular weight excluding hydrogens is 288 g/mol. The zero-order chi connectivity index (χ0) is 16.8. The van der Waals surface area contributed by atoms with Crippen LogP contribution in [0.4, 0.5) is 11.5 Å². The number of nitrogens with zero attached hydrogens (tertiary/aromatic N) is 2. The number of hydrogen-bond acceptors (Lipinski definition) is 4. The van der Waals surface area contributed by atoms with Crippen molar-refractivity contribution in [2.75, 3.05) is 5.32 Å². The Hall–Kier alpha value is -2.43. The molecule has 0 spiro atoms. The summed E-state index contributed by atoms with van der Waals surface area (Å²) in [5.41, 5.74) is 3.90. The van der Waals surface area contributed by atoms with Crippen molar-refractivity contribution in [1.29, 1.82) is 0 Å². The Kier molecular flexibility index (Phi) is 5.68. The average molecular weight is 312 g/mol. The van der Waals surface area contributed by atoms with Crippen LogP contribution in [0.1, 0.15) is 49.3 Å². The van der Waals surface area contributed by atoms with Crippen LogP contribution >= 0.6 is 0 Å². The van der Waals surface area contributed by atoms with Gasteiger partial charge in [-0.25, -0.2) is 9.97 Å². The van der Waals surface area contributed by atoms with Crippen molar-refractivity contribution in [3.05, 3.63) is 47.4 Å². The lowest BCUT2D eigenvalue weighted by molar-refractivity contribution is 0.0937. The predicted molar refractivity (Wildman–Crippen MR) is 93.1 cm³/mol. The fraction of sp³-hybridized carbons (Fsp3) is 0.389. The number of amides is 1. The molecule has 0 aliphatic rings. The quantitative estimate of drug-likeness (QED) is 0.857. The van der Waals surface area contributed by atoms with Gasteiger partial charge in [-0.05, 0) is 37.8 Å². The normalized spacial score (nSPS) is 10.7. The Morgan fingerprint density at radius 3 is 2.22 bits per heavy atom. The van der Waals surface area contributed by atoms with E-state index in [1.165, 1.54) is 17.3 Å². The van der Waals surface area contributed by atoms with Gasteiger partial charge < -0.3 is 10.6 Å². The Balaban J connectivity index is 2.20. The molecule has 1 aromatic carbocycles. The van der Waals surface area contributed by atoms with Crippen LogP contribution in [0, 0.1) is 0 Å². The summed E-state index contributed by atoms with van der Waals surface area (Å²) in [6.45, 7) is 8.08. The number of nitrogens with one attached hydrogen (secondary N) is 2. The third-order valence-electron chi connectivity index (χ3n) is 3.56. The molecule has 0 unspecified atom stereocenters. The smallest absolute Gasteiger partial charge is 0.271 e.